The van der Waals surface area contributed by atoms with Gasteiger partial charge in [0, 0.05) is 6.54 Å². The number of amides is 2. The molecule has 9 heteroatoms. The third-order valence-corrected chi connectivity index (χ3v) is 4.37. The van der Waals surface area contributed by atoms with Crippen molar-refractivity contribution in [3.05, 3.63) is 29.8 Å². The molecular weight excluding hydrogens is 310 g/mol. The standard InChI is InChI=1S/C13H19N3O5S/c1-9-4-6-10(7-5-9)22(20,21)16-11(12(17)18)3-2-8-15-13(14)19/h4-7,11,16H,2-3,8H2,1H3,(H,17,18)(H3,14,15,19)/p-1/t11-/m1/s1. The second-order valence-electron chi connectivity index (χ2n) is 4.74. The highest BCUT2D eigenvalue weighted by Crippen LogP contribution is 2.11. The van der Waals surface area contributed by atoms with Crippen LogP contribution in [0.2, 0.25) is 0 Å². The van der Waals surface area contributed by atoms with Crippen molar-refractivity contribution in [2.75, 3.05) is 6.54 Å². The summed E-state index contributed by atoms with van der Waals surface area (Å²) in [4.78, 5) is 21.5. The number of nitrogens with two attached hydrogens (primary N) is 1. The van der Waals surface area contributed by atoms with Crippen molar-refractivity contribution in [1.29, 1.82) is 0 Å². The van der Waals surface area contributed by atoms with Gasteiger partial charge in [-0.1, -0.05) is 17.7 Å². The van der Waals surface area contributed by atoms with Crippen LogP contribution in [0.3, 0.4) is 0 Å². The van der Waals surface area contributed by atoms with E-state index in [0.29, 0.717) is 0 Å². The van der Waals surface area contributed by atoms with Gasteiger partial charge in [0.15, 0.2) is 0 Å². The molecule has 0 fully saturated rings. The summed E-state index contributed by atoms with van der Waals surface area (Å²) in [6.07, 6.45) is 0.200. The zero-order valence-corrected chi connectivity index (χ0v) is 12.9. The van der Waals surface area contributed by atoms with Gasteiger partial charge in [-0.2, -0.15) is 0 Å². The van der Waals surface area contributed by atoms with Gasteiger partial charge in [-0.05, 0) is 31.9 Å². The van der Waals surface area contributed by atoms with Crippen LogP contribution in [0.25, 0.3) is 0 Å². The number of urea groups is 1. The molecule has 0 bridgehead atoms. The summed E-state index contributed by atoms with van der Waals surface area (Å²) in [5, 5.41) is 13.3. The number of nitrogens with one attached hydrogen (secondary N) is 2. The van der Waals surface area contributed by atoms with Gasteiger partial charge in [-0.15, -0.1) is 0 Å². The van der Waals surface area contributed by atoms with E-state index in [1.807, 2.05) is 0 Å². The number of carboxylic acids is 1. The average molecular weight is 328 g/mol. The predicted molar refractivity (Wildman–Crippen MR) is 77.1 cm³/mol. The zero-order valence-electron chi connectivity index (χ0n) is 12.0. The SMILES string of the molecule is Cc1ccc(S(=O)(=O)N[C@H](CCCNC(N)=O)C(=O)[O-])cc1. The highest BCUT2D eigenvalue weighted by atomic mass is 32.2. The molecule has 8 nitrogen and oxygen atoms in total. The van der Waals surface area contributed by atoms with Crippen molar-refractivity contribution in [3.63, 3.8) is 0 Å². The quantitative estimate of drug-likeness (QED) is 0.516. The third-order valence-electron chi connectivity index (χ3n) is 2.88. The number of carboxylic acid groups (broad SMARTS) is 1. The number of sulfonamides is 1. The summed E-state index contributed by atoms with van der Waals surface area (Å²) in [5.74, 6) is -1.53. The molecule has 0 saturated heterocycles. The predicted octanol–water partition coefficient (Wildman–Crippen LogP) is -1.16. The Balaban J connectivity index is 2.71. The van der Waals surface area contributed by atoms with Crippen molar-refractivity contribution in [3.8, 4) is 0 Å². The highest BCUT2D eigenvalue weighted by Gasteiger charge is 2.20. The van der Waals surface area contributed by atoms with E-state index in [2.05, 4.69) is 10.0 Å². The van der Waals surface area contributed by atoms with Gasteiger partial charge >= 0.3 is 6.03 Å². The summed E-state index contributed by atoms with van der Waals surface area (Å²) in [6.45, 7) is 1.95. The fourth-order valence-electron chi connectivity index (χ4n) is 1.72. The highest BCUT2D eigenvalue weighted by molar-refractivity contribution is 7.89. The molecule has 0 aromatic heterocycles. The van der Waals surface area contributed by atoms with Gasteiger partial charge in [0.25, 0.3) is 0 Å². The average Bonchev–Trinajstić information content (AvgIpc) is 2.42. The minimum absolute atomic E-state index is 0.0281. The van der Waals surface area contributed by atoms with Crippen molar-refractivity contribution < 1.29 is 23.1 Å². The first-order valence-corrected chi connectivity index (χ1v) is 8.04. The molecule has 122 valence electrons. The van der Waals surface area contributed by atoms with Crippen LogP contribution in [0.5, 0.6) is 0 Å². The lowest BCUT2D eigenvalue weighted by Crippen LogP contribution is -2.48. The fourth-order valence-corrected chi connectivity index (χ4v) is 2.93. The zero-order chi connectivity index (χ0) is 16.8. The van der Waals surface area contributed by atoms with Crippen LogP contribution in [0.15, 0.2) is 29.2 Å². The van der Waals surface area contributed by atoms with E-state index < -0.39 is 28.1 Å². The summed E-state index contributed by atoms with van der Waals surface area (Å²) in [6, 6.07) is 3.88. The molecule has 0 saturated carbocycles. The Morgan fingerprint density at radius 3 is 2.36 bits per heavy atom. The van der Waals surface area contributed by atoms with Crippen molar-refractivity contribution in [1.82, 2.24) is 10.0 Å². The molecule has 0 aliphatic rings. The molecule has 0 aliphatic heterocycles. The first-order chi connectivity index (χ1) is 10.2. The first kappa shape index (κ1) is 17.9. The number of hydrogen-bond acceptors (Lipinski definition) is 5. The maximum atomic E-state index is 12.1. The van der Waals surface area contributed by atoms with Crippen LogP contribution < -0.4 is 20.9 Å². The Labute approximate surface area is 128 Å². The molecule has 1 rings (SSSR count). The Morgan fingerprint density at radius 2 is 1.86 bits per heavy atom. The molecule has 22 heavy (non-hydrogen) atoms. The lowest BCUT2D eigenvalue weighted by molar-refractivity contribution is -0.308. The number of aryl methyl sites for hydroxylation is 1. The second kappa shape index (κ2) is 7.76. The van der Waals surface area contributed by atoms with Gasteiger partial charge in [0.1, 0.15) is 0 Å². The van der Waals surface area contributed by atoms with E-state index >= 15 is 0 Å². The monoisotopic (exact) mass is 328 g/mol. The largest absolute Gasteiger partial charge is 0.548 e. The van der Waals surface area contributed by atoms with Crippen LogP contribution in [0.4, 0.5) is 4.79 Å². The van der Waals surface area contributed by atoms with Crippen LogP contribution >= 0.6 is 0 Å². The van der Waals surface area contributed by atoms with E-state index in [4.69, 9.17) is 5.73 Å². The molecule has 1 aromatic carbocycles. The van der Waals surface area contributed by atoms with Crippen molar-refractivity contribution in [2.24, 2.45) is 5.73 Å². The van der Waals surface area contributed by atoms with Gasteiger partial charge in [-0.3, -0.25) is 0 Å². The molecule has 2 amide bonds. The van der Waals surface area contributed by atoms with E-state index in [-0.39, 0.29) is 24.3 Å². The minimum Gasteiger partial charge on any atom is -0.548 e. The van der Waals surface area contributed by atoms with Crippen molar-refractivity contribution >= 4 is 22.0 Å². The van der Waals surface area contributed by atoms with Gasteiger partial charge in [0.2, 0.25) is 10.0 Å². The lowest BCUT2D eigenvalue weighted by atomic mass is 10.2. The summed E-state index contributed by atoms with van der Waals surface area (Å²) in [7, 11) is -3.96. The molecule has 1 atom stereocenters. The molecule has 0 spiro atoms. The summed E-state index contributed by atoms with van der Waals surface area (Å²) >= 11 is 0. The molecule has 1 aromatic rings. The molecule has 0 radical (unpaired) electrons. The Morgan fingerprint density at radius 1 is 1.27 bits per heavy atom. The van der Waals surface area contributed by atoms with Gasteiger partial charge in [-0.25, -0.2) is 17.9 Å². The maximum Gasteiger partial charge on any atom is 0.312 e. The maximum absolute atomic E-state index is 12.1. The minimum atomic E-state index is -3.96. The molecule has 0 unspecified atom stereocenters. The van der Waals surface area contributed by atoms with E-state index in [1.54, 1.807) is 19.1 Å². The number of carbonyl (C=O) groups excluding carboxylic acids is 2. The molecule has 4 N–H and O–H groups in total. The smallest absolute Gasteiger partial charge is 0.312 e. The second-order valence-corrected chi connectivity index (χ2v) is 6.45. The molecule has 0 aliphatic carbocycles. The third kappa shape index (κ3) is 5.70. The normalized spacial score (nSPS) is 12.6. The van der Waals surface area contributed by atoms with Crippen LogP contribution in [0.1, 0.15) is 18.4 Å². The van der Waals surface area contributed by atoms with Crippen LogP contribution in [0, 0.1) is 6.92 Å². The number of primary amides is 1. The number of hydrogen-bond donors (Lipinski definition) is 3. The first-order valence-electron chi connectivity index (χ1n) is 6.55. The van der Waals surface area contributed by atoms with Crippen LogP contribution in [-0.4, -0.2) is 33.0 Å². The summed E-state index contributed by atoms with van der Waals surface area (Å²) < 4.78 is 26.3. The number of rotatable bonds is 8. The van der Waals surface area contributed by atoms with E-state index in [9.17, 15) is 23.1 Å². The number of benzene rings is 1. The van der Waals surface area contributed by atoms with E-state index in [0.717, 1.165) is 5.56 Å². The number of carbonyl (C=O) groups is 2. The Bertz CT molecular complexity index is 628. The Hall–Kier alpha value is -2.13. The van der Waals surface area contributed by atoms with Crippen molar-refractivity contribution in [2.45, 2.75) is 30.7 Å². The fraction of sp³-hybridized carbons (Fsp3) is 0.385. The molecule has 0 heterocycles. The lowest BCUT2D eigenvalue weighted by Gasteiger charge is -2.19. The summed E-state index contributed by atoms with van der Waals surface area (Å²) in [5.41, 5.74) is 5.75. The van der Waals surface area contributed by atoms with Gasteiger partial charge < -0.3 is 21.0 Å². The molecular formula is C13H18N3O5S-. The van der Waals surface area contributed by atoms with Crippen LogP contribution in [-0.2, 0) is 14.8 Å². The Kier molecular flexibility index (Phi) is 6.32. The van der Waals surface area contributed by atoms with E-state index in [1.165, 1.54) is 12.1 Å². The van der Waals surface area contributed by atoms with Gasteiger partial charge in [0.05, 0.1) is 16.9 Å². The number of aliphatic carboxylic acids is 1. The topological polar surface area (TPSA) is 141 Å².